The summed E-state index contributed by atoms with van der Waals surface area (Å²) in [4.78, 5) is 36.0. The van der Waals surface area contributed by atoms with Crippen LogP contribution in [0.5, 0.6) is 0 Å². The summed E-state index contributed by atoms with van der Waals surface area (Å²) in [6.45, 7) is 5.06. The van der Waals surface area contributed by atoms with Crippen molar-refractivity contribution in [3.8, 4) is 11.3 Å². The predicted octanol–water partition coefficient (Wildman–Crippen LogP) is 5.94. The maximum atomic E-state index is 14.1. The van der Waals surface area contributed by atoms with Gasteiger partial charge in [0, 0.05) is 42.8 Å². The number of hydrogen-bond donors (Lipinski definition) is 3. The van der Waals surface area contributed by atoms with Crippen LogP contribution < -0.4 is 11.1 Å². The summed E-state index contributed by atoms with van der Waals surface area (Å²) in [6, 6.07) is 7.37. The number of nitrogens with zero attached hydrogens (tertiary/aromatic N) is 3. The molecule has 4 N–H and O–H groups in total. The number of aromatic amines is 1. The van der Waals surface area contributed by atoms with Crippen molar-refractivity contribution >= 4 is 41.2 Å². The lowest BCUT2D eigenvalue weighted by Gasteiger charge is -2.34. The Kier molecular flexibility index (Phi) is 9.84. The van der Waals surface area contributed by atoms with Crippen LogP contribution in [0.25, 0.3) is 11.3 Å². The lowest BCUT2D eigenvalue weighted by Crippen LogP contribution is -2.40. The van der Waals surface area contributed by atoms with Gasteiger partial charge >= 0.3 is 6.09 Å². The summed E-state index contributed by atoms with van der Waals surface area (Å²) >= 11 is 8.54. The Bertz CT molecular complexity index is 1190. The first kappa shape index (κ1) is 30.2. The minimum atomic E-state index is -0.525. The molecule has 1 saturated carbocycles. The van der Waals surface area contributed by atoms with E-state index < -0.39 is 6.09 Å². The molecule has 0 spiro atoms. The van der Waals surface area contributed by atoms with Crippen LogP contribution in [0.4, 0.5) is 10.5 Å². The largest absolute Gasteiger partial charge is 0.453 e. The average molecular weight is 603 g/mol. The number of H-pyrrole nitrogens is 1. The number of carbonyl (C=O) groups excluding carboxylic acids is 2. The standard InChI is InChI=1S/C30H43ClN6O3S/c1-18(32)19-4-6-22(7-5-19)29(38)37-17-23(20-12-14-36(41-3)15-13-20)16-25(37)28-34-26(27(31)35-28)21-8-10-24(11-9-21)33-30(39)40-2/h8-11,18-20,22-23,25H,4-7,12-17,32H2,1-3H3,(H,33,39)(H,34,35)/t18-,19?,22?,23?,25?/m0/s1. The number of hydrogen-bond acceptors (Lipinski definition) is 7. The van der Waals surface area contributed by atoms with Crippen LogP contribution in [0.2, 0.25) is 5.15 Å². The molecule has 2 aliphatic heterocycles. The molecule has 224 valence electrons. The number of anilines is 1. The topological polar surface area (TPSA) is 117 Å². The minimum Gasteiger partial charge on any atom is -0.453 e. The number of amides is 2. The molecule has 2 aromatic rings. The number of methoxy groups -OCH3 is 1. The van der Waals surface area contributed by atoms with Crippen molar-refractivity contribution in [2.24, 2.45) is 29.4 Å². The van der Waals surface area contributed by atoms with E-state index in [1.165, 1.54) is 7.11 Å². The molecule has 41 heavy (non-hydrogen) atoms. The van der Waals surface area contributed by atoms with Gasteiger partial charge < -0.3 is 20.4 Å². The Morgan fingerprint density at radius 2 is 1.80 bits per heavy atom. The Hall–Kier alpha value is -2.27. The number of likely N-dealkylation sites (tertiary alicyclic amines) is 1. The van der Waals surface area contributed by atoms with Gasteiger partial charge in [-0.1, -0.05) is 35.7 Å². The van der Waals surface area contributed by atoms with Gasteiger partial charge in [0.1, 0.15) is 16.7 Å². The Morgan fingerprint density at radius 1 is 1.12 bits per heavy atom. The molecule has 0 radical (unpaired) electrons. The van der Waals surface area contributed by atoms with Gasteiger partial charge in [-0.15, -0.1) is 0 Å². The SMILES string of the molecule is COC(=O)Nc1ccc(-c2nc(C3CC(C4CCN(SC)CC4)CN3C(=O)C3CCC([C@H](C)N)CC3)[nH]c2Cl)cc1. The molecule has 3 heterocycles. The molecule has 2 saturated heterocycles. The second-order valence-corrected chi connectivity index (χ2v) is 13.2. The molecule has 5 rings (SSSR count). The Balaban J connectivity index is 1.36. The summed E-state index contributed by atoms with van der Waals surface area (Å²) in [5.74, 6) is 2.61. The predicted molar refractivity (Wildman–Crippen MR) is 165 cm³/mol. The van der Waals surface area contributed by atoms with Gasteiger partial charge in [-0.05, 0) is 88.0 Å². The van der Waals surface area contributed by atoms with Crippen molar-refractivity contribution in [2.45, 2.75) is 64.0 Å². The molecule has 2 amide bonds. The third kappa shape index (κ3) is 6.87. The van der Waals surface area contributed by atoms with E-state index >= 15 is 0 Å². The highest BCUT2D eigenvalue weighted by Gasteiger charge is 2.44. The molecule has 2 unspecified atom stereocenters. The third-order valence-corrected chi connectivity index (χ3v) is 10.6. The highest BCUT2D eigenvalue weighted by atomic mass is 35.5. The normalized spacial score (nSPS) is 26.6. The Morgan fingerprint density at radius 3 is 2.41 bits per heavy atom. The van der Waals surface area contributed by atoms with E-state index in [2.05, 4.69) is 37.4 Å². The van der Waals surface area contributed by atoms with Gasteiger partial charge in [-0.2, -0.15) is 0 Å². The van der Waals surface area contributed by atoms with Crippen LogP contribution >= 0.6 is 23.5 Å². The lowest BCUT2D eigenvalue weighted by molar-refractivity contribution is -0.138. The van der Waals surface area contributed by atoms with Gasteiger partial charge in [-0.3, -0.25) is 14.4 Å². The summed E-state index contributed by atoms with van der Waals surface area (Å²) in [6.07, 6.45) is 8.68. The number of ether oxygens (including phenoxy) is 1. The van der Waals surface area contributed by atoms with E-state index in [9.17, 15) is 9.59 Å². The van der Waals surface area contributed by atoms with Crippen molar-refractivity contribution in [3.63, 3.8) is 0 Å². The number of carbonyl (C=O) groups is 2. The summed E-state index contributed by atoms with van der Waals surface area (Å²) < 4.78 is 7.11. The molecular formula is C30H43ClN6O3S. The van der Waals surface area contributed by atoms with E-state index in [1.807, 2.05) is 24.1 Å². The van der Waals surface area contributed by atoms with E-state index in [-0.39, 0.29) is 23.9 Å². The summed E-state index contributed by atoms with van der Waals surface area (Å²) in [7, 11) is 1.33. The van der Waals surface area contributed by atoms with Crippen LogP contribution in [-0.2, 0) is 9.53 Å². The quantitative estimate of drug-likeness (QED) is 0.336. The van der Waals surface area contributed by atoms with Gasteiger partial charge in [-0.25, -0.2) is 9.78 Å². The van der Waals surface area contributed by atoms with Crippen molar-refractivity contribution in [1.29, 1.82) is 0 Å². The van der Waals surface area contributed by atoms with E-state index in [4.69, 9.17) is 22.3 Å². The molecule has 11 heteroatoms. The first-order valence-corrected chi connectivity index (χ1v) is 16.4. The fourth-order valence-electron chi connectivity index (χ4n) is 6.97. The molecular weight excluding hydrogens is 560 g/mol. The van der Waals surface area contributed by atoms with Gasteiger partial charge in [0.15, 0.2) is 0 Å². The zero-order chi connectivity index (χ0) is 29.1. The second kappa shape index (κ2) is 13.4. The molecule has 1 aliphatic carbocycles. The fourth-order valence-corrected chi connectivity index (χ4v) is 7.79. The van der Waals surface area contributed by atoms with Gasteiger partial charge in [0.25, 0.3) is 0 Å². The number of piperidine rings is 1. The number of nitrogens with one attached hydrogen (secondary N) is 2. The smallest absolute Gasteiger partial charge is 0.411 e. The average Bonchev–Trinajstić information content (AvgIpc) is 3.61. The minimum absolute atomic E-state index is 0.0457. The lowest BCUT2D eigenvalue weighted by atomic mass is 9.78. The maximum Gasteiger partial charge on any atom is 0.411 e. The van der Waals surface area contributed by atoms with E-state index in [0.717, 1.165) is 76.0 Å². The van der Waals surface area contributed by atoms with E-state index in [0.29, 0.717) is 34.3 Å². The first-order valence-electron chi connectivity index (χ1n) is 14.8. The maximum absolute atomic E-state index is 14.1. The molecule has 1 aromatic heterocycles. The van der Waals surface area contributed by atoms with Crippen molar-refractivity contribution in [1.82, 2.24) is 19.2 Å². The molecule has 3 atom stereocenters. The monoisotopic (exact) mass is 602 g/mol. The number of benzene rings is 1. The van der Waals surface area contributed by atoms with Crippen LogP contribution in [0, 0.1) is 23.7 Å². The highest BCUT2D eigenvalue weighted by Crippen LogP contribution is 2.44. The zero-order valence-electron chi connectivity index (χ0n) is 24.3. The molecule has 9 nitrogen and oxygen atoms in total. The number of aromatic nitrogens is 2. The molecule has 0 bridgehead atoms. The molecule has 3 fully saturated rings. The van der Waals surface area contributed by atoms with Gasteiger partial charge in [0.2, 0.25) is 5.91 Å². The van der Waals surface area contributed by atoms with E-state index in [1.54, 1.807) is 12.1 Å². The summed E-state index contributed by atoms with van der Waals surface area (Å²) in [5, 5.41) is 3.11. The molecule has 1 aromatic carbocycles. The van der Waals surface area contributed by atoms with Crippen molar-refractivity contribution in [2.75, 3.05) is 38.3 Å². The van der Waals surface area contributed by atoms with Gasteiger partial charge in [0.05, 0.1) is 13.2 Å². The van der Waals surface area contributed by atoms with Crippen LogP contribution in [-0.4, -0.2) is 70.2 Å². The number of nitrogens with two attached hydrogens (primary N) is 1. The highest BCUT2D eigenvalue weighted by molar-refractivity contribution is 7.96. The number of imidazole rings is 1. The van der Waals surface area contributed by atoms with Crippen LogP contribution in [0.3, 0.4) is 0 Å². The second-order valence-electron chi connectivity index (χ2n) is 11.9. The van der Waals surface area contributed by atoms with Crippen LogP contribution in [0.15, 0.2) is 24.3 Å². The Labute approximate surface area is 252 Å². The molecule has 3 aliphatic rings. The van der Waals surface area contributed by atoms with Crippen molar-refractivity contribution < 1.29 is 14.3 Å². The first-order chi connectivity index (χ1) is 19.8. The summed E-state index contributed by atoms with van der Waals surface area (Å²) in [5.41, 5.74) is 8.28. The number of halogens is 1. The number of rotatable bonds is 7. The van der Waals surface area contributed by atoms with Crippen molar-refractivity contribution in [3.05, 3.63) is 35.2 Å². The zero-order valence-corrected chi connectivity index (χ0v) is 25.8. The van der Waals surface area contributed by atoms with Crippen LogP contribution in [0.1, 0.15) is 63.7 Å². The fraction of sp³-hybridized carbons (Fsp3) is 0.633. The third-order valence-electron chi connectivity index (χ3n) is 9.49.